The summed E-state index contributed by atoms with van der Waals surface area (Å²) in [5, 5.41) is 3.02. The van der Waals surface area contributed by atoms with Crippen LogP contribution in [0.3, 0.4) is 0 Å². The molecule has 4 rings (SSSR count). The number of carbonyl (C=O) groups excluding carboxylic acids is 3. The summed E-state index contributed by atoms with van der Waals surface area (Å²) >= 11 is 0. The van der Waals surface area contributed by atoms with E-state index in [1.54, 1.807) is 15.9 Å². The van der Waals surface area contributed by atoms with E-state index in [0.717, 1.165) is 37.1 Å². The zero-order valence-corrected chi connectivity index (χ0v) is 20.3. The topological polar surface area (TPSA) is 73.0 Å². The minimum absolute atomic E-state index is 0.0666. The Kier molecular flexibility index (Phi) is 7.20. The minimum atomic E-state index is -0.259. The average molecular weight is 463 g/mol. The molecule has 2 aromatic carbocycles. The number of rotatable bonds is 7. The van der Waals surface area contributed by atoms with Gasteiger partial charge in [-0.15, -0.1) is 0 Å². The molecule has 2 aliphatic heterocycles. The number of hydrogen-bond donors (Lipinski definition) is 1. The van der Waals surface area contributed by atoms with Crippen LogP contribution in [-0.4, -0.2) is 54.8 Å². The second-order valence-corrected chi connectivity index (χ2v) is 9.01. The Morgan fingerprint density at radius 3 is 2.50 bits per heavy atom. The van der Waals surface area contributed by atoms with Crippen LogP contribution in [0.25, 0.3) is 0 Å². The molecule has 0 saturated carbocycles. The van der Waals surface area contributed by atoms with Crippen molar-refractivity contribution in [3.8, 4) is 0 Å². The van der Waals surface area contributed by atoms with Gasteiger partial charge in [0, 0.05) is 25.2 Å². The van der Waals surface area contributed by atoms with Crippen LogP contribution in [0.4, 0.5) is 11.4 Å². The number of carbonyl (C=O) groups is 3. The van der Waals surface area contributed by atoms with E-state index in [2.05, 4.69) is 10.2 Å². The Morgan fingerprint density at radius 1 is 1.06 bits per heavy atom. The highest BCUT2D eigenvalue weighted by molar-refractivity contribution is 6.09. The first-order valence-corrected chi connectivity index (χ1v) is 12.3. The molecule has 1 fully saturated rings. The van der Waals surface area contributed by atoms with Gasteiger partial charge in [-0.2, -0.15) is 0 Å². The Labute approximate surface area is 201 Å². The molecule has 7 heteroatoms. The lowest BCUT2D eigenvalue weighted by atomic mass is 9.95. The maximum absolute atomic E-state index is 13.6. The van der Waals surface area contributed by atoms with Crippen molar-refractivity contribution in [3.63, 3.8) is 0 Å². The second-order valence-electron chi connectivity index (χ2n) is 9.01. The highest BCUT2D eigenvalue weighted by atomic mass is 16.2. The van der Waals surface area contributed by atoms with Gasteiger partial charge in [0.2, 0.25) is 11.8 Å². The average Bonchev–Trinajstić information content (AvgIpc) is 2.87. The number of piperidine rings is 1. The largest absolute Gasteiger partial charge is 0.358 e. The van der Waals surface area contributed by atoms with Gasteiger partial charge in [-0.05, 0) is 63.8 Å². The van der Waals surface area contributed by atoms with Crippen LogP contribution in [0.15, 0.2) is 48.5 Å². The SMILES string of the molecule is CCN(CC)C(=O)c1ccc2c(c1)N(CC(=O)N[C@H](C)c1ccccc1)C(=O)[C@H]1CCCCN21. The van der Waals surface area contributed by atoms with Crippen molar-refractivity contribution in [2.45, 2.75) is 52.1 Å². The maximum Gasteiger partial charge on any atom is 0.253 e. The van der Waals surface area contributed by atoms with Crippen molar-refractivity contribution < 1.29 is 14.4 Å². The molecule has 0 radical (unpaired) electrons. The lowest BCUT2D eigenvalue weighted by molar-refractivity contribution is -0.125. The smallest absolute Gasteiger partial charge is 0.253 e. The van der Waals surface area contributed by atoms with Gasteiger partial charge >= 0.3 is 0 Å². The number of nitrogens with one attached hydrogen (secondary N) is 1. The van der Waals surface area contributed by atoms with Gasteiger partial charge < -0.3 is 15.1 Å². The molecule has 34 heavy (non-hydrogen) atoms. The molecule has 180 valence electrons. The number of hydrogen-bond acceptors (Lipinski definition) is 4. The van der Waals surface area contributed by atoms with Crippen molar-refractivity contribution in [1.29, 1.82) is 0 Å². The summed E-state index contributed by atoms with van der Waals surface area (Å²) in [6.07, 6.45) is 2.79. The predicted molar refractivity (Wildman–Crippen MR) is 134 cm³/mol. The summed E-state index contributed by atoms with van der Waals surface area (Å²) in [4.78, 5) is 45.1. The molecule has 0 aromatic heterocycles. The third-order valence-corrected chi connectivity index (χ3v) is 6.91. The lowest BCUT2D eigenvalue weighted by Crippen LogP contribution is -2.57. The molecule has 7 nitrogen and oxygen atoms in total. The summed E-state index contributed by atoms with van der Waals surface area (Å²) in [5.41, 5.74) is 3.11. The van der Waals surface area contributed by atoms with Crippen LogP contribution >= 0.6 is 0 Å². The van der Waals surface area contributed by atoms with E-state index in [4.69, 9.17) is 0 Å². The molecule has 3 amide bonds. The van der Waals surface area contributed by atoms with Crippen LogP contribution in [0.1, 0.15) is 62.0 Å². The predicted octanol–water partition coefficient (Wildman–Crippen LogP) is 3.75. The molecule has 1 N–H and O–H groups in total. The Morgan fingerprint density at radius 2 is 1.79 bits per heavy atom. The van der Waals surface area contributed by atoms with Gasteiger partial charge in [0.1, 0.15) is 12.6 Å². The molecule has 1 saturated heterocycles. The van der Waals surface area contributed by atoms with E-state index in [1.807, 2.05) is 63.2 Å². The number of anilines is 2. The summed E-state index contributed by atoms with van der Waals surface area (Å²) in [6.45, 7) is 7.79. The van der Waals surface area contributed by atoms with Crippen LogP contribution in [-0.2, 0) is 9.59 Å². The first-order valence-electron chi connectivity index (χ1n) is 12.3. The fourth-order valence-electron chi connectivity index (χ4n) is 5.00. The van der Waals surface area contributed by atoms with Gasteiger partial charge in [-0.25, -0.2) is 0 Å². The molecule has 2 aliphatic rings. The van der Waals surface area contributed by atoms with Crippen molar-refractivity contribution in [3.05, 3.63) is 59.7 Å². The van der Waals surface area contributed by atoms with Crippen LogP contribution in [0.2, 0.25) is 0 Å². The summed E-state index contributed by atoms with van der Waals surface area (Å²) < 4.78 is 0. The molecule has 0 unspecified atom stereocenters. The first-order chi connectivity index (χ1) is 16.4. The van der Waals surface area contributed by atoms with Gasteiger partial charge in [0.25, 0.3) is 5.91 Å². The number of amides is 3. The third-order valence-electron chi connectivity index (χ3n) is 6.91. The van der Waals surface area contributed by atoms with Gasteiger partial charge in [-0.3, -0.25) is 19.3 Å². The van der Waals surface area contributed by atoms with E-state index in [-0.39, 0.29) is 36.3 Å². The molecule has 0 aliphatic carbocycles. The highest BCUT2D eigenvalue weighted by Gasteiger charge is 2.40. The Balaban J connectivity index is 1.63. The molecule has 2 aromatic rings. The number of benzene rings is 2. The molecular formula is C27H34N4O3. The van der Waals surface area contributed by atoms with Gasteiger partial charge in [0.15, 0.2) is 0 Å². The van der Waals surface area contributed by atoms with Gasteiger partial charge in [-0.1, -0.05) is 30.3 Å². The maximum atomic E-state index is 13.6. The van der Waals surface area contributed by atoms with Gasteiger partial charge in [0.05, 0.1) is 17.4 Å². The quantitative estimate of drug-likeness (QED) is 0.680. The van der Waals surface area contributed by atoms with E-state index < -0.39 is 0 Å². The van der Waals surface area contributed by atoms with E-state index in [9.17, 15) is 14.4 Å². The molecule has 0 spiro atoms. The summed E-state index contributed by atoms with van der Waals surface area (Å²) in [5.74, 6) is -0.356. The highest BCUT2D eigenvalue weighted by Crippen LogP contribution is 2.40. The summed E-state index contributed by atoms with van der Waals surface area (Å²) in [7, 11) is 0. The van der Waals surface area contributed by atoms with Crippen LogP contribution in [0.5, 0.6) is 0 Å². The normalized spacial score (nSPS) is 18.1. The van der Waals surface area contributed by atoms with Crippen molar-refractivity contribution in [2.24, 2.45) is 0 Å². The number of fused-ring (bicyclic) bond motifs is 3. The third kappa shape index (κ3) is 4.65. The minimum Gasteiger partial charge on any atom is -0.358 e. The molecule has 2 heterocycles. The Hall–Kier alpha value is -3.35. The zero-order chi connectivity index (χ0) is 24.2. The first kappa shape index (κ1) is 23.8. The van der Waals surface area contributed by atoms with Crippen molar-refractivity contribution in [1.82, 2.24) is 10.2 Å². The van der Waals surface area contributed by atoms with Crippen LogP contribution in [0, 0.1) is 0 Å². The zero-order valence-electron chi connectivity index (χ0n) is 20.3. The second kappa shape index (κ2) is 10.3. The Bertz CT molecular complexity index is 1050. The van der Waals surface area contributed by atoms with Crippen LogP contribution < -0.4 is 15.1 Å². The molecule has 2 atom stereocenters. The fraction of sp³-hybridized carbons (Fsp3) is 0.444. The number of nitrogens with zero attached hydrogens (tertiary/aromatic N) is 3. The lowest BCUT2D eigenvalue weighted by Gasteiger charge is -2.45. The monoisotopic (exact) mass is 462 g/mol. The standard InChI is InChI=1S/C27H34N4O3/c1-4-29(5-2)26(33)21-14-15-22-24(17-21)31(27(34)23-13-9-10-16-30(22)23)18-25(32)28-19(3)20-11-7-6-8-12-20/h6-8,11-12,14-15,17,19,23H,4-5,9-10,13,16,18H2,1-3H3,(H,28,32)/t19-,23-/m1/s1. The van der Waals surface area contributed by atoms with Crippen molar-refractivity contribution >= 4 is 29.1 Å². The van der Waals surface area contributed by atoms with E-state index >= 15 is 0 Å². The molecule has 0 bridgehead atoms. The fourth-order valence-corrected chi connectivity index (χ4v) is 5.00. The van der Waals surface area contributed by atoms with E-state index in [1.165, 1.54) is 0 Å². The molecular weight excluding hydrogens is 428 g/mol. The van der Waals surface area contributed by atoms with E-state index in [0.29, 0.717) is 24.3 Å². The summed E-state index contributed by atoms with van der Waals surface area (Å²) in [6, 6.07) is 14.9. The van der Waals surface area contributed by atoms with Crippen molar-refractivity contribution in [2.75, 3.05) is 36.0 Å².